The third-order valence-corrected chi connectivity index (χ3v) is 9.55. The minimum Gasteiger partial charge on any atom is -0.493 e. The topological polar surface area (TPSA) is 68.2 Å². The third-order valence-electron chi connectivity index (χ3n) is 7.01. The highest BCUT2D eigenvalue weighted by Gasteiger charge is 2.43. The molecule has 0 heterocycles. The van der Waals surface area contributed by atoms with Gasteiger partial charge in [-0.1, -0.05) is 33.3 Å². The van der Waals surface area contributed by atoms with Crippen molar-refractivity contribution in [3.63, 3.8) is 0 Å². The van der Waals surface area contributed by atoms with Gasteiger partial charge in [-0.05, 0) is 72.6 Å². The standard InChI is InChI=1S/C27H40NO5P/c1-18(2)23-14-8-19(3)16-25(23)33-34(30,22-12-10-21(11-13-22)28(4)5)27(29)20-9-15-24(31-6)26(17-20)32-7/h9-13,15,17-19,23,25,27,29H,8,14,16H2,1-7H3/t19-,23+,25-,27+,34+/m1/s1. The molecule has 0 spiro atoms. The van der Waals surface area contributed by atoms with Gasteiger partial charge in [0.2, 0.25) is 0 Å². The number of benzene rings is 2. The zero-order valence-corrected chi connectivity index (χ0v) is 22.4. The molecule has 1 saturated carbocycles. The first-order valence-corrected chi connectivity index (χ1v) is 13.8. The fourth-order valence-electron chi connectivity index (χ4n) is 4.86. The van der Waals surface area contributed by atoms with Gasteiger partial charge in [-0.2, -0.15) is 0 Å². The summed E-state index contributed by atoms with van der Waals surface area (Å²) < 4.78 is 32.1. The number of nitrogens with zero attached hydrogens (tertiary/aromatic N) is 1. The van der Waals surface area contributed by atoms with Crippen molar-refractivity contribution in [2.45, 2.75) is 52.0 Å². The van der Waals surface area contributed by atoms with Crippen LogP contribution in [-0.4, -0.2) is 39.5 Å². The van der Waals surface area contributed by atoms with Gasteiger partial charge in [-0.3, -0.25) is 4.57 Å². The van der Waals surface area contributed by atoms with Crippen molar-refractivity contribution in [2.24, 2.45) is 17.8 Å². The molecule has 0 bridgehead atoms. The molecule has 0 aliphatic heterocycles. The molecule has 3 rings (SSSR count). The minimum atomic E-state index is -3.72. The van der Waals surface area contributed by atoms with Gasteiger partial charge in [0.1, 0.15) is 0 Å². The summed E-state index contributed by atoms with van der Waals surface area (Å²) in [7, 11) is 3.30. The van der Waals surface area contributed by atoms with E-state index in [-0.39, 0.29) is 6.10 Å². The maximum absolute atomic E-state index is 14.7. The van der Waals surface area contributed by atoms with E-state index in [0.29, 0.717) is 40.1 Å². The molecule has 2 aromatic rings. The molecule has 0 saturated heterocycles. The molecule has 0 amide bonds. The maximum Gasteiger partial charge on any atom is 0.264 e. The SMILES string of the molecule is COc1ccc([C@@H](O)[P@@](=O)(O[C@@H]2C[C@H](C)CC[C@H]2C(C)C)c2ccc(N(C)C)cc2)cc1OC. The predicted octanol–water partition coefficient (Wildman–Crippen LogP) is 5.84. The van der Waals surface area contributed by atoms with Gasteiger partial charge in [0.25, 0.3) is 7.37 Å². The second-order valence-corrected chi connectivity index (χ2v) is 12.4. The van der Waals surface area contributed by atoms with Crippen molar-refractivity contribution in [2.75, 3.05) is 33.2 Å². The summed E-state index contributed by atoms with van der Waals surface area (Å²) in [6.07, 6.45) is 2.83. The number of hydrogen-bond acceptors (Lipinski definition) is 6. The average Bonchev–Trinajstić information content (AvgIpc) is 2.82. The summed E-state index contributed by atoms with van der Waals surface area (Å²) in [6.45, 7) is 6.60. The Morgan fingerprint density at radius 2 is 1.65 bits per heavy atom. The van der Waals surface area contributed by atoms with Crippen molar-refractivity contribution in [1.82, 2.24) is 0 Å². The minimum absolute atomic E-state index is 0.182. The van der Waals surface area contributed by atoms with Gasteiger partial charge >= 0.3 is 0 Å². The number of methoxy groups -OCH3 is 2. The van der Waals surface area contributed by atoms with Crippen LogP contribution in [0.25, 0.3) is 0 Å². The highest BCUT2D eigenvalue weighted by atomic mass is 31.2. The Kier molecular flexibility index (Phi) is 8.72. The van der Waals surface area contributed by atoms with Gasteiger partial charge in [0.05, 0.1) is 20.3 Å². The van der Waals surface area contributed by atoms with Crippen LogP contribution in [0.15, 0.2) is 42.5 Å². The zero-order valence-electron chi connectivity index (χ0n) is 21.5. The van der Waals surface area contributed by atoms with Crippen LogP contribution in [0.5, 0.6) is 11.5 Å². The molecule has 1 aliphatic carbocycles. The lowest BCUT2D eigenvalue weighted by molar-refractivity contribution is 0.0427. The number of ether oxygens (including phenoxy) is 2. The van der Waals surface area contributed by atoms with E-state index in [4.69, 9.17) is 14.0 Å². The van der Waals surface area contributed by atoms with Gasteiger partial charge in [0, 0.05) is 25.1 Å². The van der Waals surface area contributed by atoms with Gasteiger partial charge in [-0.25, -0.2) is 0 Å². The smallest absolute Gasteiger partial charge is 0.264 e. The van der Waals surface area contributed by atoms with Gasteiger partial charge in [0.15, 0.2) is 17.3 Å². The lowest BCUT2D eigenvalue weighted by atomic mass is 9.75. The van der Waals surface area contributed by atoms with Gasteiger partial charge in [-0.15, -0.1) is 0 Å². The largest absolute Gasteiger partial charge is 0.493 e. The Morgan fingerprint density at radius 3 is 2.21 bits per heavy atom. The van der Waals surface area contributed by atoms with Crippen molar-refractivity contribution < 1.29 is 23.7 Å². The summed E-state index contributed by atoms with van der Waals surface area (Å²) >= 11 is 0. The van der Waals surface area contributed by atoms with Gasteiger partial charge < -0.3 is 24.0 Å². The Balaban J connectivity index is 2.07. The zero-order chi connectivity index (χ0) is 25.0. The van der Waals surface area contributed by atoms with Crippen molar-refractivity contribution in [1.29, 1.82) is 0 Å². The van der Waals surface area contributed by atoms with E-state index in [9.17, 15) is 9.67 Å². The maximum atomic E-state index is 14.7. The van der Waals surface area contributed by atoms with E-state index in [1.54, 1.807) is 32.4 Å². The van der Waals surface area contributed by atoms with Crippen molar-refractivity contribution >= 4 is 18.4 Å². The quantitative estimate of drug-likeness (QED) is 0.446. The predicted molar refractivity (Wildman–Crippen MR) is 139 cm³/mol. The lowest BCUT2D eigenvalue weighted by Gasteiger charge is -2.40. The van der Waals surface area contributed by atoms with E-state index in [1.807, 2.05) is 43.3 Å². The molecule has 0 aromatic heterocycles. The van der Waals surface area contributed by atoms with Crippen LogP contribution in [0, 0.1) is 17.8 Å². The Morgan fingerprint density at radius 1 is 1.00 bits per heavy atom. The monoisotopic (exact) mass is 489 g/mol. The average molecular weight is 490 g/mol. The number of aliphatic hydroxyl groups is 1. The second kappa shape index (κ2) is 11.2. The van der Waals surface area contributed by atoms with Crippen LogP contribution < -0.4 is 19.7 Å². The first-order chi connectivity index (χ1) is 16.1. The molecule has 188 valence electrons. The molecule has 0 radical (unpaired) electrons. The summed E-state index contributed by atoms with van der Waals surface area (Å²) in [5.74, 6) is 0.874. The first kappa shape index (κ1) is 26.6. The molecule has 1 fully saturated rings. The third kappa shape index (κ3) is 5.62. The van der Waals surface area contributed by atoms with E-state index in [2.05, 4.69) is 20.8 Å². The normalized spacial score (nSPS) is 23.3. The Bertz CT molecular complexity index is 991. The van der Waals surface area contributed by atoms with Crippen LogP contribution in [0.4, 0.5) is 5.69 Å². The molecule has 5 atom stereocenters. The van der Waals surface area contributed by atoms with Crippen LogP contribution in [-0.2, 0) is 9.09 Å². The Hall–Kier alpha value is -2.01. The molecular weight excluding hydrogens is 449 g/mol. The molecule has 1 N–H and O–H groups in total. The number of anilines is 1. The van der Waals surface area contributed by atoms with Crippen LogP contribution in [0.1, 0.15) is 51.4 Å². The number of hydrogen-bond donors (Lipinski definition) is 1. The van der Waals surface area contributed by atoms with E-state index in [1.165, 1.54) is 0 Å². The molecule has 1 aliphatic rings. The highest BCUT2D eigenvalue weighted by Crippen LogP contribution is 2.61. The summed E-state index contributed by atoms with van der Waals surface area (Å²) in [6, 6.07) is 12.6. The lowest BCUT2D eigenvalue weighted by Crippen LogP contribution is -2.35. The molecule has 0 unspecified atom stereocenters. The summed E-state index contributed by atoms with van der Waals surface area (Å²) in [5, 5.41) is 12.1. The van der Waals surface area contributed by atoms with Crippen LogP contribution >= 0.6 is 7.37 Å². The number of rotatable bonds is 9. The van der Waals surface area contributed by atoms with Crippen LogP contribution in [0.2, 0.25) is 0 Å². The van der Waals surface area contributed by atoms with E-state index >= 15 is 0 Å². The van der Waals surface area contributed by atoms with E-state index in [0.717, 1.165) is 24.9 Å². The first-order valence-electron chi connectivity index (χ1n) is 12.1. The van der Waals surface area contributed by atoms with Crippen molar-refractivity contribution in [3.05, 3.63) is 48.0 Å². The number of aliphatic hydroxyl groups excluding tert-OH is 1. The van der Waals surface area contributed by atoms with Crippen LogP contribution in [0.3, 0.4) is 0 Å². The second-order valence-electron chi connectivity index (χ2n) is 9.97. The summed E-state index contributed by atoms with van der Waals surface area (Å²) in [5.41, 5.74) is 1.46. The van der Waals surface area contributed by atoms with E-state index < -0.39 is 13.2 Å². The molecule has 7 heteroatoms. The molecule has 34 heavy (non-hydrogen) atoms. The molecule has 6 nitrogen and oxygen atoms in total. The Labute approximate surface area is 204 Å². The van der Waals surface area contributed by atoms with Crippen molar-refractivity contribution in [3.8, 4) is 11.5 Å². The highest BCUT2D eigenvalue weighted by molar-refractivity contribution is 7.67. The molecular formula is C27H40NO5P. The fraction of sp³-hybridized carbons (Fsp3) is 0.556. The molecule has 2 aromatic carbocycles. The fourth-order valence-corrected chi connectivity index (χ4v) is 7.15. The summed E-state index contributed by atoms with van der Waals surface area (Å²) in [4.78, 5) is 1.98.